The van der Waals surface area contributed by atoms with Gasteiger partial charge in [-0.3, -0.25) is 14.4 Å². The van der Waals surface area contributed by atoms with Crippen LogP contribution in [0.1, 0.15) is 112 Å². The molecule has 1 amide bonds. The monoisotopic (exact) mass is 637 g/mol. The third-order valence-corrected chi connectivity index (χ3v) is 9.02. The number of hydrogen-bond donors (Lipinski definition) is 1. The van der Waals surface area contributed by atoms with Gasteiger partial charge in [0.15, 0.2) is 11.6 Å². The zero-order chi connectivity index (χ0) is 33.6. The number of carbonyl (C=O) groups is 4. The highest BCUT2D eigenvalue weighted by Gasteiger charge is 2.46. The molecule has 2 aromatic carbocycles. The molecular formula is C36H47NO9. The number of methoxy groups -OCH3 is 1. The molecule has 3 atom stereocenters. The highest BCUT2D eigenvalue weighted by atomic mass is 16.5. The van der Waals surface area contributed by atoms with Gasteiger partial charge in [-0.05, 0) is 69.7 Å². The van der Waals surface area contributed by atoms with Gasteiger partial charge in [-0.1, -0.05) is 27.2 Å². The Morgan fingerprint density at radius 1 is 1.13 bits per heavy atom. The average Bonchev–Trinajstić information content (AvgIpc) is 3.51. The third kappa shape index (κ3) is 7.48. The molecule has 2 aromatic rings. The van der Waals surface area contributed by atoms with E-state index in [0.717, 1.165) is 12.8 Å². The van der Waals surface area contributed by atoms with Gasteiger partial charge in [0.2, 0.25) is 5.91 Å². The Morgan fingerprint density at radius 2 is 1.87 bits per heavy atom. The summed E-state index contributed by atoms with van der Waals surface area (Å²) in [5.74, 6) is 0.254. The molecule has 0 radical (unpaired) electrons. The molecule has 2 heterocycles. The maximum atomic E-state index is 13.7. The van der Waals surface area contributed by atoms with Gasteiger partial charge in [0.1, 0.15) is 34.6 Å². The number of likely N-dealkylation sites (tertiary alicyclic amines) is 1. The molecule has 2 aliphatic heterocycles. The highest BCUT2D eigenvalue weighted by molar-refractivity contribution is 6.02. The molecule has 1 N–H and O–H groups in total. The molecule has 2 aliphatic rings. The lowest BCUT2D eigenvalue weighted by molar-refractivity contribution is -0.151. The summed E-state index contributed by atoms with van der Waals surface area (Å²) in [6, 6.07) is 7.93. The molecule has 0 spiro atoms. The molecule has 10 nitrogen and oxygen atoms in total. The largest absolute Gasteiger partial charge is 0.507 e. The van der Waals surface area contributed by atoms with Gasteiger partial charge in [0.25, 0.3) is 0 Å². The predicted octanol–water partition coefficient (Wildman–Crippen LogP) is 6.26. The molecule has 1 fully saturated rings. The number of ether oxygens (including phenoxy) is 4. The fraction of sp³-hybridized carbons (Fsp3) is 0.556. The first-order valence-corrected chi connectivity index (χ1v) is 16.3. The normalized spacial score (nSPS) is 20.7. The highest BCUT2D eigenvalue weighted by Crippen LogP contribution is 2.43. The molecule has 0 saturated carbocycles. The van der Waals surface area contributed by atoms with Crippen LogP contribution in [0.5, 0.6) is 23.0 Å². The molecule has 10 heteroatoms. The van der Waals surface area contributed by atoms with Gasteiger partial charge in [-0.25, -0.2) is 4.79 Å². The predicted molar refractivity (Wildman–Crippen MR) is 172 cm³/mol. The van der Waals surface area contributed by atoms with Gasteiger partial charge in [0, 0.05) is 31.0 Å². The number of ketones is 2. The molecule has 0 aliphatic carbocycles. The Morgan fingerprint density at radius 3 is 2.54 bits per heavy atom. The Kier molecular flexibility index (Phi) is 11.3. The maximum Gasteiger partial charge on any atom is 0.328 e. The third-order valence-electron chi connectivity index (χ3n) is 9.02. The molecule has 250 valence electrons. The van der Waals surface area contributed by atoms with E-state index in [1.165, 1.54) is 14.0 Å². The van der Waals surface area contributed by atoms with Crippen LogP contribution < -0.4 is 14.2 Å². The summed E-state index contributed by atoms with van der Waals surface area (Å²) in [6.45, 7) is 10.4. The standard InChI is InChI=1S/C36H47NO9/c1-7-10-27-33(40)26-13-12-24(44-19-9-20-45-29-15-14-25(23(4)38)34(41)32(29)22(2)3)21-30(26)46-36(27,5)17-16-31(39)37-18-8-11-28(37)35(42)43-6/h12-15,21-22,27-28,41H,7-11,16-20H2,1-6H3/t27?,28-,36-/m0/s1. The van der Waals surface area contributed by atoms with E-state index in [9.17, 15) is 24.3 Å². The van der Waals surface area contributed by atoms with Crippen LogP contribution in [0.15, 0.2) is 30.3 Å². The van der Waals surface area contributed by atoms with E-state index < -0.39 is 23.5 Å². The summed E-state index contributed by atoms with van der Waals surface area (Å²) < 4.78 is 23.3. The van der Waals surface area contributed by atoms with Crippen LogP contribution in [0.2, 0.25) is 0 Å². The van der Waals surface area contributed by atoms with E-state index in [0.29, 0.717) is 73.8 Å². The maximum absolute atomic E-state index is 13.7. The van der Waals surface area contributed by atoms with Crippen LogP contribution in [-0.2, 0) is 14.3 Å². The summed E-state index contributed by atoms with van der Waals surface area (Å²) in [5, 5.41) is 10.6. The molecule has 0 aromatic heterocycles. The smallest absolute Gasteiger partial charge is 0.328 e. The fourth-order valence-corrected chi connectivity index (χ4v) is 6.55. The molecular weight excluding hydrogens is 590 g/mol. The number of benzene rings is 2. The summed E-state index contributed by atoms with van der Waals surface area (Å²) in [4.78, 5) is 52.5. The van der Waals surface area contributed by atoms with Crippen molar-refractivity contribution in [1.82, 2.24) is 4.90 Å². The van der Waals surface area contributed by atoms with E-state index in [4.69, 9.17) is 18.9 Å². The van der Waals surface area contributed by atoms with Crippen molar-refractivity contribution in [3.05, 3.63) is 47.0 Å². The number of Topliss-reactive ketones (excluding diaryl/α,β-unsaturated/α-hetero) is 2. The van der Waals surface area contributed by atoms with Crippen molar-refractivity contribution in [3.63, 3.8) is 0 Å². The number of phenols is 1. The number of rotatable bonds is 14. The molecule has 1 saturated heterocycles. The SMILES string of the molecule is CCCC1C(=O)c2ccc(OCCCOc3ccc(C(C)=O)c(O)c3C(C)C)cc2O[C@@]1(C)CCC(=O)N1CCC[C@H]1C(=O)OC. The Labute approximate surface area is 271 Å². The summed E-state index contributed by atoms with van der Waals surface area (Å²) in [5.41, 5.74) is 0.466. The van der Waals surface area contributed by atoms with Gasteiger partial charge in [-0.2, -0.15) is 0 Å². The minimum absolute atomic E-state index is 0.00777. The Hall–Kier alpha value is -4.08. The van der Waals surface area contributed by atoms with Gasteiger partial charge in [0.05, 0.1) is 37.4 Å². The number of carbonyl (C=O) groups excluding carboxylic acids is 4. The lowest BCUT2D eigenvalue weighted by atomic mass is 9.75. The topological polar surface area (TPSA) is 129 Å². The molecule has 0 bridgehead atoms. The fourth-order valence-electron chi connectivity index (χ4n) is 6.55. The summed E-state index contributed by atoms with van der Waals surface area (Å²) >= 11 is 0. The molecule has 4 rings (SSSR count). The molecule has 46 heavy (non-hydrogen) atoms. The van der Waals surface area contributed by atoms with Crippen LogP contribution in [0.4, 0.5) is 0 Å². The second-order valence-corrected chi connectivity index (χ2v) is 12.7. The number of hydrogen-bond acceptors (Lipinski definition) is 9. The van der Waals surface area contributed by atoms with E-state index in [2.05, 4.69) is 0 Å². The minimum atomic E-state index is -0.902. The van der Waals surface area contributed by atoms with Crippen molar-refractivity contribution >= 4 is 23.4 Å². The zero-order valence-electron chi connectivity index (χ0n) is 27.9. The van der Waals surface area contributed by atoms with Crippen molar-refractivity contribution in [2.75, 3.05) is 26.9 Å². The second kappa shape index (κ2) is 15.0. The van der Waals surface area contributed by atoms with E-state index in [1.54, 1.807) is 35.2 Å². The van der Waals surface area contributed by atoms with Gasteiger partial charge >= 0.3 is 5.97 Å². The number of amides is 1. The van der Waals surface area contributed by atoms with Crippen molar-refractivity contribution in [1.29, 1.82) is 0 Å². The first-order valence-electron chi connectivity index (χ1n) is 16.3. The first-order chi connectivity index (χ1) is 21.9. The van der Waals surface area contributed by atoms with Crippen molar-refractivity contribution in [2.45, 2.75) is 97.1 Å². The Balaban J connectivity index is 1.39. The lowest BCUT2D eigenvalue weighted by Crippen LogP contribution is -2.49. The van der Waals surface area contributed by atoms with Crippen LogP contribution in [-0.4, -0.2) is 72.0 Å². The first kappa shape index (κ1) is 34.8. The van der Waals surface area contributed by atoms with E-state index in [-0.39, 0.29) is 41.1 Å². The van der Waals surface area contributed by atoms with E-state index in [1.807, 2.05) is 27.7 Å². The summed E-state index contributed by atoms with van der Waals surface area (Å²) in [7, 11) is 1.33. The van der Waals surface area contributed by atoms with Crippen LogP contribution in [0, 0.1) is 5.92 Å². The summed E-state index contributed by atoms with van der Waals surface area (Å²) in [6.07, 6.45) is 3.77. The quantitative estimate of drug-likeness (QED) is 0.145. The number of fused-ring (bicyclic) bond motifs is 1. The van der Waals surface area contributed by atoms with Crippen molar-refractivity contribution in [3.8, 4) is 23.0 Å². The van der Waals surface area contributed by atoms with E-state index >= 15 is 0 Å². The second-order valence-electron chi connectivity index (χ2n) is 12.7. The lowest BCUT2D eigenvalue weighted by Gasteiger charge is -2.42. The molecule has 1 unspecified atom stereocenters. The Bertz CT molecular complexity index is 1450. The number of aromatic hydroxyl groups is 1. The van der Waals surface area contributed by atoms with Gasteiger partial charge in [-0.15, -0.1) is 0 Å². The van der Waals surface area contributed by atoms with Crippen LogP contribution >= 0.6 is 0 Å². The van der Waals surface area contributed by atoms with Gasteiger partial charge < -0.3 is 29.0 Å². The van der Waals surface area contributed by atoms with Crippen LogP contribution in [0.3, 0.4) is 0 Å². The van der Waals surface area contributed by atoms with Crippen molar-refractivity contribution in [2.24, 2.45) is 5.92 Å². The minimum Gasteiger partial charge on any atom is -0.507 e. The number of phenolic OH excluding ortho intramolecular Hbond substituents is 1. The van der Waals surface area contributed by atoms with Crippen molar-refractivity contribution < 1.29 is 43.2 Å². The number of nitrogens with zero attached hydrogens (tertiary/aromatic N) is 1. The number of esters is 1. The van der Waals surface area contributed by atoms with Crippen LogP contribution in [0.25, 0.3) is 0 Å². The average molecular weight is 638 g/mol. The zero-order valence-corrected chi connectivity index (χ0v) is 27.9.